The Balaban J connectivity index is 2.21. The standard InChI is InChI=1S/C13H14N2O3/c1-14-11-6-9(12(16)17)4-5-10(11)15(13(14)18)7-8-2-3-8/h4-6,8H,2-3,7H2,1H3,(H,16,17). The summed E-state index contributed by atoms with van der Waals surface area (Å²) in [4.78, 5) is 23.1. The van der Waals surface area contributed by atoms with Crippen molar-refractivity contribution in [2.75, 3.05) is 0 Å². The van der Waals surface area contributed by atoms with Crippen molar-refractivity contribution in [1.29, 1.82) is 0 Å². The molecule has 1 aromatic heterocycles. The van der Waals surface area contributed by atoms with Crippen molar-refractivity contribution in [3.8, 4) is 0 Å². The molecule has 5 nitrogen and oxygen atoms in total. The molecule has 1 saturated carbocycles. The van der Waals surface area contributed by atoms with Gasteiger partial charge in [0.1, 0.15) is 0 Å². The average molecular weight is 246 g/mol. The second kappa shape index (κ2) is 3.73. The van der Waals surface area contributed by atoms with Crippen LogP contribution in [-0.2, 0) is 13.6 Å². The molecule has 94 valence electrons. The first-order valence-electron chi connectivity index (χ1n) is 6.00. The molecule has 1 fully saturated rings. The Bertz CT molecular complexity index is 692. The van der Waals surface area contributed by atoms with Crippen molar-refractivity contribution in [2.24, 2.45) is 13.0 Å². The molecule has 18 heavy (non-hydrogen) atoms. The lowest BCUT2D eigenvalue weighted by atomic mass is 10.2. The van der Waals surface area contributed by atoms with E-state index in [4.69, 9.17) is 5.11 Å². The highest BCUT2D eigenvalue weighted by Gasteiger charge is 2.24. The van der Waals surface area contributed by atoms with E-state index in [2.05, 4.69) is 0 Å². The molecule has 0 bridgehead atoms. The molecule has 1 aromatic carbocycles. The van der Waals surface area contributed by atoms with Crippen LogP contribution in [-0.4, -0.2) is 20.2 Å². The van der Waals surface area contributed by atoms with Gasteiger partial charge in [-0.2, -0.15) is 0 Å². The second-order valence-corrected chi connectivity index (χ2v) is 4.90. The van der Waals surface area contributed by atoms with Crippen molar-refractivity contribution in [2.45, 2.75) is 19.4 Å². The number of nitrogens with zero attached hydrogens (tertiary/aromatic N) is 2. The fourth-order valence-electron chi connectivity index (χ4n) is 2.28. The van der Waals surface area contributed by atoms with Crippen LogP contribution in [0, 0.1) is 5.92 Å². The number of hydrogen-bond acceptors (Lipinski definition) is 2. The summed E-state index contributed by atoms with van der Waals surface area (Å²) < 4.78 is 3.27. The summed E-state index contributed by atoms with van der Waals surface area (Å²) in [5.74, 6) is -0.369. The van der Waals surface area contributed by atoms with Crippen molar-refractivity contribution < 1.29 is 9.90 Å². The van der Waals surface area contributed by atoms with Gasteiger partial charge in [0.05, 0.1) is 16.6 Å². The number of hydrogen-bond donors (Lipinski definition) is 1. The first kappa shape index (κ1) is 11.1. The molecule has 0 spiro atoms. The SMILES string of the molecule is Cn1c(=O)n(CC2CC2)c2ccc(C(=O)O)cc21. The lowest BCUT2D eigenvalue weighted by Gasteiger charge is -2.01. The van der Waals surface area contributed by atoms with Crippen LogP contribution in [0.2, 0.25) is 0 Å². The summed E-state index contributed by atoms with van der Waals surface area (Å²) in [7, 11) is 1.68. The van der Waals surface area contributed by atoms with E-state index < -0.39 is 5.97 Å². The molecule has 1 aliphatic rings. The summed E-state index contributed by atoms with van der Waals surface area (Å²) >= 11 is 0. The number of carboxylic acid groups (broad SMARTS) is 1. The van der Waals surface area contributed by atoms with Gasteiger partial charge in [0, 0.05) is 13.6 Å². The molecule has 1 heterocycles. The van der Waals surface area contributed by atoms with E-state index in [-0.39, 0.29) is 11.3 Å². The van der Waals surface area contributed by atoms with Crippen LogP contribution in [0.4, 0.5) is 0 Å². The highest BCUT2D eigenvalue weighted by atomic mass is 16.4. The molecule has 0 saturated heterocycles. The largest absolute Gasteiger partial charge is 0.478 e. The summed E-state index contributed by atoms with van der Waals surface area (Å²) in [6.45, 7) is 0.739. The summed E-state index contributed by atoms with van der Waals surface area (Å²) in [5, 5.41) is 8.97. The van der Waals surface area contributed by atoms with Gasteiger partial charge in [-0.15, -0.1) is 0 Å². The second-order valence-electron chi connectivity index (χ2n) is 4.90. The molecule has 1 aliphatic carbocycles. The average Bonchev–Trinajstić information content (AvgIpc) is 3.13. The zero-order chi connectivity index (χ0) is 12.9. The smallest absolute Gasteiger partial charge is 0.335 e. The van der Waals surface area contributed by atoms with E-state index in [1.807, 2.05) is 0 Å². The molecular weight excluding hydrogens is 232 g/mol. The third-order valence-electron chi connectivity index (χ3n) is 3.53. The van der Waals surface area contributed by atoms with Gasteiger partial charge in [-0.25, -0.2) is 9.59 Å². The minimum absolute atomic E-state index is 0.0700. The Morgan fingerprint density at radius 1 is 1.39 bits per heavy atom. The van der Waals surface area contributed by atoms with Gasteiger partial charge in [-0.3, -0.25) is 9.13 Å². The molecule has 1 N–H and O–H groups in total. The maximum atomic E-state index is 12.1. The molecule has 0 unspecified atom stereocenters. The fourth-order valence-corrected chi connectivity index (χ4v) is 2.28. The van der Waals surface area contributed by atoms with Crippen LogP contribution in [0.3, 0.4) is 0 Å². The topological polar surface area (TPSA) is 64.2 Å². The maximum absolute atomic E-state index is 12.1. The van der Waals surface area contributed by atoms with Gasteiger partial charge in [0.15, 0.2) is 0 Å². The highest BCUT2D eigenvalue weighted by molar-refractivity contribution is 5.92. The highest BCUT2D eigenvalue weighted by Crippen LogP contribution is 2.31. The summed E-state index contributed by atoms with van der Waals surface area (Å²) in [6, 6.07) is 4.83. The Labute approximate surface area is 103 Å². The molecule has 0 atom stereocenters. The van der Waals surface area contributed by atoms with Crippen LogP contribution in [0.15, 0.2) is 23.0 Å². The normalized spacial score (nSPS) is 15.2. The molecule has 0 amide bonds. The zero-order valence-corrected chi connectivity index (χ0v) is 10.1. The third-order valence-corrected chi connectivity index (χ3v) is 3.53. The fraction of sp³-hybridized carbons (Fsp3) is 0.385. The molecule has 5 heteroatoms. The summed E-state index contributed by atoms with van der Waals surface area (Å²) in [5.41, 5.74) is 1.64. The minimum atomic E-state index is -0.973. The number of benzene rings is 1. The lowest BCUT2D eigenvalue weighted by Crippen LogP contribution is -2.22. The molecular formula is C13H14N2O3. The number of aryl methyl sites for hydroxylation is 1. The number of carboxylic acids is 1. The van der Waals surface area contributed by atoms with Crippen molar-refractivity contribution in [3.05, 3.63) is 34.2 Å². The maximum Gasteiger partial charge on any atom is 0.335 e. The minimum Gasteiger partial charge on any atom is -0.478 e. The number of aromatic carboxylic acids is 1. The van der Waals surface area contributed by atoms with Gasteiger partial charge < -0.3 is 5.11 Å². The Kier molecular flexibility index (Phi) is 2.29. The predicted octanol–water partition coefficient (Wildman–Crippen LogP) is 1.45. The van der Waals surface area contributed by atoms with Crippen LogP contribution in [0.25, 0.3) is 11.0 Å². The third kappa shape index (κ3) is 1.63. The summed E-state index contributed by atoms with van der Waals surface area (Å²) in [6.07, 6.45) is 2.35. The van der Waals surface area contributed by atoms with E-state index in [0.29, 0.717) is 11.4 Å². The monoisotopic (exact) mass is 246 g/mol. The quantitative estimate of drug-likeness (QED) is 0.891. The number of carbonyl (C=O) groups is 1. The van der Waals surface area contributed by atoms with Crippen molar-refractivity contribution >= 4 is 17.0 Å². The molecule has 3 rings (SSSR count). The van der Waals surface area contributed by atoms with Crippen LogP contribution < -0.4 is 5.69 Å². The van der Waals surface area contributed by atoms with Crippen molar-refractivity contribution in [3.63, 3.8) is 0 Å². The molecule has 0 aliphatic heterocycles. The Hall–Kier alpha value is -2.04. The lowest BCUT2D eigenvalue weighted by molar-refractivity contribution is 0.0697. The van der Waals surface area contributed by atoms with E-state index in [1.54, 1.807) is 29.8 Å². The number of fused-ring (bicyclic) bond motifs is 1. The van der Waals surface area contributed by atoms with Gasteiger partial charge >= 0.3 is 11.7 Å². The number of rotatable bonds is 3. The van der Waals surface area contributed by atoms with Crippen LogP contribution in [0.1, 0.15) is 23.2 Å². The van der Waals surface area contributed by atoms with Gasteiger partial charge in [0.25, 0.3) is 0 Å². The zero-order valence-electron chi connectivity index (χ0n) is 10.1. The Morgan fingerprint density at radius 2 is 2.11 bits per heavy atom. The molecule has 2 aromatic rings. The van der Waals surface area contributed by atoms with E-state index in [0.717, 1.165) is 12.1 Å². The number of imidazole rings is 1. The molecule has 0 radical (unpaired) electrons. The van der Waals surface area contributed by atoms with E-state index in [1.165, 1.54) is 17.4 Å². The first-order chi connectivity index (χ1) is 8.58. The van der Waals surface area contributed by atoms with E-state index >= 15 is 0 Å². The van der Waals surface area contributed by atoms with Crippen LogP contribution in [0.5, 0.6) is 0 Å². The van der Waals surface area contributed by atoms with Gasteiger partial charge in [-0.05, 0) is 37.0 Å². The van der Waals surface area contributed by atoms with Crippen molar-refractivity contribution in [1.82, 2.24) is 9.13 Å². The van der Waals surface area contributed by atoms with Gasteiger partial charge in [-0.1, -0.05) is 0 Å². The first-order valence-corrected chi connectivity index (χ1v) is 6.00. The van der Waals surface area contributed by atoms with E-state index in [9.17, 15) is 9.59 Å². The van der Waals surface area contributed by atoms with Gasteiger partial charge in [0.2, 0.25) is 0 Å². The number of aromatic nitrogens is 2. The predicted molar refractivity (Wildman–Crippen MR) is 66.9 cm³/mol. The van der Waals surface area contributed by atoms with Crippen LogP contribution >= 0.6 is 0 Å². The Morgan fingerprint density at radius 3 is 2.72 bits per heavy atom.